The predicted molar refractivity (Wildman–Crippen MR) is 294 cm³/mol. The molecule has 0 aromatic heterocycles. The molecule has 4 heterocycles. The van der Waals surface area contributed by atoms with Gasteiger partial charge in [-0.25, -0.2) is 0 Å². The van der Waals surface area contributed by atoms with Gasteiger partial charge in [0, 0.05) is 54.4 Å². The molecule has 424 valence electrons. The molecule has 2 saturated carbocycles. The summed E-state index contributed by atoms with van der Waals surface area (Å²) in [6.45, 7) is 20.3. The molecule has 73 heavy (non-hydrogen) atoms. The van der Waals surface area contributed by atoms with Gasteiger partial charge in [-0.05, 0) is 113 Å². The maximum atomic E-state index is 14.7. The SMILES string of the molecule is CCCCCCCCCCCCOC(=O)CCN1C(=O)C2(CC(C)(C)N(OC)C(C)(C)C2)OC12CCCCCCCCCCC2.CON1C(C)(C)CC2(CC1(C)C)OC1(CCCCCCCCCCC1)NC2=O. The summed E-state index contributed by atoms with van der Waals surface area (Å²) in [4.78, 5) is 54.6. The fourth-order valence-electron chi connectivity index (χ4n) is 15.3. The average molecular weight is 1030 g/mol. The molecule has 0 bridgehead atoms. The van der Waals surface area contributed by atoms with Crippen LogP contribution in [0, 0.1) is 0 Å². The number of hydrogen-bond acceptors (Lipinski definition) is 10. The lowest BCUT2D eigenvalue weighted by Crippen LogP contribution is -2.66. The molecule has 0 aromatic rings. The molecule has 0 atom stereocenters. The second-order valence-electron chi connectivity index (χ2n) is 26.5. The second-order valence-corrected chi connectivity index (χ2v) is 26.5. The summed E-state index contributed by atoms with van der Waals surface area (Å²) in [5.74, 6) is -0.0386. The fourth-order valence-corrected chi connectivity index (χ4v) is 15.3. The maximum absolute atomic E-state index is 14.7. The number of nitrogens with one attached hydrogen (secondary N) is 1. The summed E-state index contributed by atoms with van der Waals surface area (Å²) in [6.07, 6.45) is 41.0. The van der Waals surface area contributed by atoms with E-state index in [9.17, 15) is 14.4 Å². The Kier molecular flexibility index (Phi) is 23.9. The first-order valence-electron chi connectivity index (χ1n) is 30.6. The Labute approximate surface area is 446 Å². The third-order valence-corrected chi connectivity index (χ3v) is 17.7. The van der Waals surface area contributed by atoms with Gasteiger partial charge in [-0.3, -0.25) is 14.4 Å². The summed E-state index contributed by atoms with van der Waals surface area (Å²) in [6, 6.07) is 0. The lowest BCUT2D eigenvalue weighted by atomic mass is 9.72. The Bertz CT molecular complexity index is 1620. The van der Waals surface area contributed by atoms with E-state index in [-0.39, 0.29) is 46.4 Å². The van der Waals surface area contributed by atoms with Crippen molar-refractivity contribution < 1.29 is 38.3 Å². The predicted octanol–water partition coefficient (Wildman–Crippen LogP) is 14.7. The molecule has 0 aromatic carbocycles. The van der Waals surface area contributed by atoms with Crippen LogP contribution in [0.5, 0.6) is 0 Å². The van der Waals surface area contributed by atoms with Crippen molar-refractivity contribution in [1.29, 1.82) is 0 Å². The van der Waals surface area contributed by atoms with E-state index < -0.39 is 22.7 Å². The molecule has 6 aliphatic rings. The number of carbonyl (C=O) groups excluding carboxylic acids is 3. The van der Waals surface area contributed by atoms with Crippen LogP contribution in [0.15, 0.2) is 0 Å². The van der Waals surface area contributed by atoms with E-state index in [1.807, 2.05) is 15.0 Å². The molecule has 12 nitrogen and oxygen atoms in total. The molecule has 12 heteroatoms. The normalized spacial score (nSPS) is 26.3. The molecular weight excluding hydrogens is 917 g/mol. The number of ether oxygens (including phenoxy) is 3. The van der Waals surface area contributed by atoms with E-state index >= 15 is 0 Å². The van der Waals surface area contributed by atoms with Gasteiger partial charge in [0.1, 0.15) is 11.4 Å². The van der Waals surface area contributed by atoms with Gasteiger partial charge in [-0.15, -0.1) is 0 Å². The number of esters is 1. The first-order valence-corrected chi connectivity index (χ1v) is 30.6. The van der Waals surface area contributed by atoms with Gasteiger partial charge < -0.3 is 34.1 Å². The zero-order valence-electron chi connectivity index (χ0n) is 49.2. The number of rotatable bonds is 16. The van der Waals surface area contributed by atoms with E-state index in [1.165, 1.54) is 128 Å². The zero-order chi connectivity index (χ0) is 53.3. The zero-order valence-corrected chi connectivity index (χ0v) is 49.2. The summed E-state index contributed by atoms with van der Waals surface area (Å²) < 4.78 is 19.8. The molecule has 2 aliphatic carbocycles. The molecule has 6 fully saturated rings. The van der Waals surface area contributed by atoms with Gasteiger partial charge in [0.15, 0.2) is 11.2 Å². The molecular formula is C61H112N4O8. The standard InChI is InChI=1S/C38H70N2O5.C23H42N2O3/c1-7-8-9-10-11-12-16-19-22-25-30-44-33(41)26-29-39-34(42)37(31-35(2,3)40(43-6)36(4,5)32-37)45-38(39)27-23-20-17-14-13-15-18-21-24-28-38;1-20(2)17-22(18-21(3,4)25(20)27-5)19(26)24-23(28-22)15-13-11-9-7-6-8-10-12-14-16-23/h7-32H2,1-6H3;6-18H2,1-5H3,(H,24,26). The highest BCUT2D eigenvalue weighted by Gasteiger charge is 2.67. The van der Waals surface area contributed by atoms with E-state index in [0.29, 0.717) is 38.8 Å². The quantitative estimate of drug-likeness (QED) is 0.118. The third kappa shape index (κ3) is 16.8. The summed E-state index contributed by atoms with van der Waals surface area (Å²) in [7, 11) is 3.45. The van der Waals surface area contributed by atoms with Crippen molar-refractivity contribution in [2.75, 3.05) is 27.4 Å². The van der Waals surface area contributed by atoms with Crippen LogP contribution in [0.4, 0.5) is 0 Å². The van der Waals surface area contributed by atoms with E-state index in [2.05, 4.69) is 67.6 Å². The number of amides is 2. The van der Waals surface area contributed by atoms with Crippen molar-refractivity contribution in [2.24, 2.45) is 0 Å². The Hall–Kier alpha value is -1.83. The summed E-state index contributed by atoms with van der Waals surface area (Å²) in [5.41, 5.74) is -4.12. The monoisotopic (exact) mass is 1030 g/mol. The van der Waals surface area contributed by atoms with Crippen LogP contribution >= 0.6 is 0 Å². The third-order valence-electron chi connectivity index (χ3n) is 17.7. The molecule has 0 unspecified atom stereocenters. The minimum Gasteiger partial charge on any atom is -0.466 e. The van der Waals surface area contributed by atoms with Crippen molar-refractivity contribution in [3.05, 3.63) is 0 Å². The lowest BCUT2D eigenvalue weighted by molar-refractivity contribution is -0.298. The Balaban J connectivity index is 0.000000301. The van der Waals surface area contributed by atoms with Gasteiger partial charge in [0.05, 0.1) is 27.2 Å². The summed E-state index contributed by atoms with van der Waals surface area (Å²) >= 11 is 0. The minimum absolute atomic E-state index is 0.0639. The van der Waals surface area contributed by atoms with E-state index in [1.54, 1.807) is 14.2 Å². The molecule has 4 spiro atoms. The number of unbranched alkanes of at least 4 members (excludes halogenated alkanes) is 9. The highest BCUT2D eigenvalue weighted by atomic mass is 16.7. The molecule has 4 aliphatic heterocycles. The van der Waals surface area contributed by atoms with Crippen molar-refractivity contribution in [3.8, 4) is 0 Å². The van der Waals surface area contributed by atoms with Crippen LogP contribution < -0.4 is 5.32 Å². The molecule has 2 amide bonds. The summed E-state index contributed by atoms with van der Waals surface area (Å²) in [5, 5.41) is 7.46. The number of nitrogens with zero attached hydrogens (tertiary/aromatic N) is 3. The van der Waals surface area contributed by atoms with E-state index in [0.717, 1.165) is 77.0 Å². The van der Waals surface area contributed by atoms with Gasteiger partial charge in [-0.1, -0.05) is 155 Å². The van der Waals surface area contributed by atoms with E-state index in [4.69, 9.17) is 23.9 Å². The first kappa shape index (κ1) is 62.0. The van der Waals surface area contributed by atoms with Crippen LogP contribution in [0.1, 0.15) is 300 Å². The smallest absolute Gasteiger partial charge is 0.307 e. The van der Waals surface area contributed by atoms with Gasteiger partial charge >= 0.3 is 5.97 Å². The molecule has 0 radical (unpaired) electrons. The molecule has 1 N–H and O–H groups in total. The van der Waals surface area contributed by atoms with Crippen molar-refractivity contribution in [3.63, 3.8) is 0 Å². The molecule has 6 rings (SSSR count). The Morgan fingerprint density at radius 2 is 0.877 bits per heavy atom. The van der Waals surface area contributed by atoms with Gasteiger partial charge in [0.25, 0.3) is 11.8 Å². The van der Waals surface area contributed by atoms with Gasteiger partial charge in [0.2, 0.25) is 0 Å². The molecule has 4 saturated heterocycles. The van der Waals surface area contributed by atoms with Crippen LogP contribution in [-0.4, -0.2) is 105 Å². The number of hydroxylamine groups is 4. The Morgan fingerprint density at radius 1 is 0.507 bits per heavy atom. The topological polar surface area (TPSA) is 119 Å². The number of piperidine rings is 2. The van der Waals surface area contributed by atoms with Crippen molar-refractivity contribution in [2.45, 2.75) is 345 Å². The minimum atomic E-state index is -0.918. The first-order chi connectivity index (χ1) is 34.7. The fraction of sp³-hybridized carbons (Fsp3) is 0.951. The average Bonchev–Trinajstić information content (AvgIpc) is 3.66. The lowest BCUT2D eigenvalue weighted by Gasteiger charge is -2.55. The van der Waals surface area contributed by atoms with Crippen LogP contribution in [0.3, 0.4) is 0 Å². The van der Waals surface area contributed by atoms with Gasteiger partial charge in [-0.2, -0.15) is 10.1 Å². The maximum Gasteiger partial charge on any atom is 0.307 e. The van der Waals surface area contributed by atoms with Crippen molar-refractivity contribution >= 4 is 17.8 Å². The van der Waals surface area contributed by atoms with Crippen LogP contribution in [0.2, 0.25) is 0 Å². The van der Waals surface area contributed by atoms with Crippen LogP contribution in [-0.2, 0) is 38.3 Å². The number of hydrogen-bond donors (Lipinski definition) is 1. The second kappa shape index (κ2) is 28.2. The van der Waals surface area contributed by atoms with Crippen molar-refractivity contribution in [1.82, 2.24) is 20.3 Å². The highest BCUT2D eigenvalue weighted by molar-refractivity contribution is 5.89. The van der Waals surface area contributed by atoms with Crippen LogP contribution in [0.25, 0.3) is 0 Å². The highest BCUT2D eigenvalue weighted by Crippen LogP contribution is 2.54. The largest absolute Gasteiger partial charge is 0.466 e. The number of carbonyl (C=O) groups is 3. The Morgan fingerprint density at radius 3 is 1.29 bits per heavy atom.